The van der Waals surface area contributed by atoms with Gasteiger partial charge in [-0.3, -0.25) is 14.4 Å². The summed E-state index contributed by atoms with van der Waals surface area (Å²) in [6, 6.07) is 0. The Labute approximate surface area is 443 Å². The maximum Gasteiger partial charge on any atom is 0.335 e. The maximum absolute atomic E-state index is 13.1. The van der Waals surface area contributed by atoms with E-state index in [1.807, 2.05) is 0 Å². The van der Waals surface area contributed by atoms with E-state index in [-0.39, 0.29) is 25.9 Å². The number of aliphatic hydroxyl groups is 2. The van der Waals surface area contributed by atoms with E-state index in [4.69, 9.17) is 23.7 Å². The zero-order chi connectivity index (χ0) is 53.3. The van der Waals surface area contributed by atoms with Crippen molar-refractivity contribution in [2.24, 2.45) is 0 Å². The number of esters is 3. The Morgan fingerprint density at radius 2 is 0.822 bits per heavy atom. The van der Waals surface area contributed by atoms with Crippen LogP contribution in [0.25, 0.3) is 0 Å². The number of aliphatic carboxylic acids is 1. The SMILES string of the molecule is CCCCC/C=C\C/C=C\CCCCCCCCCC(=O)OC1C(OCC(COC(=O)CCCCCCC/C=C\C/C=C\CCCCC)OC(=O)CCCCCCCCCCCCC)OC(C(=O)O)C(O)C1O. The van der Waals surface area contributed by atoms with Crippen molar-refractivity contribution < 1.29 is 58.2 Å². The van der Waals surface area contributed by atoms with Crippen LogP contribution in [0.5, 0.6) is 0 Å². The third-order valence-corrected chi connectivity index (χ3v) is 13.4. The highest BCUT2D eigenvalue weighted by Crippen LogP contribution is 2.26. The second-order valence-electron chi connectivity index (χ2n) is 20.3. The highest BCUT2D eigenvalue weighted by molar-refractivity contribution is 5.74. The lowest BCUT2D eigenvalue weighted by atomic mass is 9.98. The Balaban J connectivity index is 2.68. The summed E-state index contributed by atoms with van der Waals surface area (Å²) in [6.45, 7) is 5.93. The van der Waals surface area contributed by atoms with Gasteiger partial charge in [-0.25, -0.2) is 4.79 Å². The van der Waals surface area contributed by atoms with Crippen molar-refractivity contribution in [1.29, 1.82) is 0 Å². The fraction of sp³-hybridized carbons (Fsp3) is 0.803. The number of rotatable bonds is 50. The van der Waals surface area contributed by atoms with Gasteiger partial charge in [-0.2, -0.15) is 0 Å². The third kappa shape index (κ3) is 39.7. The smallest absolute Gasteiger partial charge is 0.335 e. The second-order valence-corrected chi connectivity index (χ2v) is 20.3. The molecule has 1 saturated heterocycles. The molecule has 73 heavy (non-hydrogen) atoms. The molecule has 422 valence electrons. The zero-order valence-corrected chi connectivity index (χ0v) is 46.4. The Morgan fingerprint density at radius 1 is 0.452 bits per heavy atom. The summed E-state index contributed by atoms with van der Waals surface area (Å²) < 4.78 is 28.4. The molecule has 1 aliphatic heterocycles. The molecule has 0 spiro atoms. The lowest BCUT2D eigenvalue weighted by Crippen LogP contribution is -2.61. The first-order valence-corrected chi connectivity index (χ1v) is 29.6. The van der Waals surface area contributed by atoms with E-state index < -0.39 is 67.3 Å². The molecule has 12 heteroatoms. The van der Waals surface area contributed by atoms with Gasteiger partial charge in [0, 0.05) is 19.3 Å². The van der Waals surface area contributed by atoms with Crippen molar-refractivity contribution in [1.82, 2.24) is 0 Å². The molecule has 0 aromatic heterocycles. The number of carbonyl (C=O) groups is 4. The summed E-state index contributed by atoms with van der Waals surface area (Å²) in [7, 11) is 0. The standard InChI is InChI=1S/C61H106O12/c1-4-7-10-13-16-19-22-24-26-27-29-31-34-37-40-43-46-49-55(64)72-59-57(66)56(65)58(60(67)68)73-61(59)70-51-52(71-54(63)48-45-42-39-36-32-21-18-15-12-9-6-3)50-69-53(62)47-44-41-38-35-33-30-28-25-23-20-17-14-11-8-5-2/h16-17,19-20,24-26,28,52,56-59,61,65-66H,4-15,18,21-23,27,29-51H2,1-3H3,(H,67,68)/b19-16-,20-17-,26-24-,28-25-. The van der Waals surface area contributed by atoms with Gasteiger partial charge in [0.1, 0.15) is 18.8 Å². The summed E-state index contributed by atoms with van der Waals surface area (Å²) in [4.78, 5) is 51.0. The zero-order valence-electron chi connectivity index (χ0n) is 46.4. The lowest BCUT2D eigenvalue weighted by molar-refractivity contribution is -0.301. The van der Waals surface area contributed by atoms with Crippen LogP contribution in [-0.2, 0) is 42.9 Å². The van der Waals surface area contributed by atoms with E-state index in [9.17, 15) is 34.5 Å². The molecule has 1 heterocycles. The largest absolute Gasteiger partial charge is 0.479 e. The molecule has 0 amide bonds. The highest BCUT2D eigenvalue weighted by atomic mass is 16.7. The quantitative estimate of drug-likeness (QED) is 0.0228. The first-order valence-electron chi connectivity index (χ1n) is 29.6. The van der Waals surface area contributed by atoms with Crippen molar-refractivity contribution in [3.8, 4) is 0 Å². The first kappa shape index (κ1) is 67.7. The molecule has 6 atom stereocenters. The van der Waals surface area contributed by atoms with Crippen LogP contribution in [0.1, 0.15) is 265 Å². The van der Waals surface area contributed by atoms with Crippen molar-refractivity contribution >= 4 is 23.9 Å². The molecule has 0 radical (unpaired) electrons. The summed E-state index contributed by atoms with van der Waals surface area (Å²) in [5, 5.41) is 31.5. The lowest BCUT2D eigenvalue weighted by Gasteiger charge is -2.40. The predicted octanol–water partition coefficient (Wildman–Crippen LogP) is 15.0. The minimum absolute atomic E-state index is 0.0518. The van der Waals surface area contributed by atoms with Gasteiger partial charge in [-0.15, -0.1) is 0 Å². The van der Waals surface area contributed by atoms with Gasteiger partial charge in [0.2, 0.25) is 0 Å². The molecule has 0 saturated carbocycles. The van der Waals surface area contributed by atoms with E-state index >= 15 is 0 Å². The minimum atomic E-state index is -1.91. The van der Waals surface area contributed by atoms with Crippen LogP contribution in [0.15, 0.2) is 48.6 Å². The van der Waals surface area contributed by atoms with Crippen molar-refractivity contribution in [3.05, 3.63) is 48.6 Å². The predicted molar refractivity (Wildman–Crippen MR) is 294 cm³/mol. The average molecular weight is 1030 g/mol. The molecule has 0 aromatic rings. The number of hydrogen-bond acceptors (Lipinski definition) is 11. The molecular weight excluding hydrogens is 925 g/mol. The van der Waals surface area contributed by atoms with Gasteiger partial charge in [-0.05, 0) is 83.5 Å². The van der Waals surface area contributed by atoms with E-state index in [1.54, 1.807) is 0 Å². The minimum Gasteiger partial charge on any atom is -0.479 e. The van der Waals surface area contributed by atoms with Crippen LogP contribution in [0.3, 0.4) is 0 Å². The van der Waals surface area contributed by atoms with Crippen LogP contribution in [0.4, 0.5) is 0 Å². The molecule has 1 rings (SSSR count). The van der Waals surface area contributed by atoms with E-state index in [0.717, 1.165) is 122 Å². The average Bonchev–Trinajstić information content (AvgIpc) is 3.37. The number of carboxylic acid groups (broad SMARTS) is 1. The summed E-state index contributed by atoms with van der Waals surface area (Å²) >= 11 is 0. The molecule has 0 bridgehead atoms. The molecule has 1 fully saturated rings. The van der Waals surface area contributed by atoms with Crippen molar-refractivity contribution in [2.75, 3.05) is 13.2 Å². The van der Waals surface area contributed by atoms with Crippen molar-refractivity contribution in [2.45, 2.75) is 302 Å². The van der Waals surface area contributed by atoms with Gasteiger partial charge < -0.3 is 39.0 Å². The number of unbranched alkanes of at least 4 members (excludes halogenated alkanes) is 28. The fourth-order valence-electron chi connectivity index (χ4n) is 8.78. The fourth-order valence-corrected chi connectivity index (χ4v) is 8.78. The van der Waals surface area contributed by atoms with E-state index in [2.05, 4.69) is 69.4 Å². The second kappa shape index (κ2) is 49.6. The number of allylic oxidation sites excluding steroid dienone is 8. The van der Waals surface area contributed by atoms with Gasteiger partial charge in [0.05, 0.1) is 6.61 Å². The Morgan fingerprint density at radius 3 is 1.26 bits per heavy atom. The highest BCUT2D eigenvalue weighted by Gasteiger charge is 2.50. The number of ether oxygens (including phenoxy) is 5. The number of carboxylic acids is 1. The monoisotopic (exact) mass is 1030 g/mol. The van der Waals surface area contributed by atoms with E-state index in [1.165, 1.54) is 83.5 Å². The topological polar surface area (TPSA) is 175 Å². The van der Waals surface area contributed by atoms with Crippen molar-refractivity contribution in [3.63, 3.8) is 0 Å². The van der Waals surface area contributed by atoms with E-state index in [0.29, 0.717) is 19.3 Å². The van der Waals surface area contributed by atoms with Crippen LogP contribution in [0.2, 0.25) is 0 Å². The van der Waals surface area contributed by atoms with Crippen LogP contribution >= 0.6 is 0 Å². The molecule has 0 aromatic carbocycles. The van der Waals surface area contributed by atoms with Gasteiger partial charge >= 0.3 is 23.9 Å². The molecule has 3 N–H and O–H groups in total. The van der Waals surface area contributed by atoms with Gasteiger partial charge in [0.15, 0.2) is 24.6 Å². The maximum atomic E-state index is 13.1. The number of aliphatic hydroxyl groups excluding tert-OH is 2. The van der Waals surface area contributed by atoms with Gasteiger partial charge in [0.25, 0.3) is 0 Å². The van der Waals surface area contributed by atoms with Crippen LogP contribution in [-0.4, -0.2) is 89.2 Å². The normalized spacial score (nSPS) is 18.6. The number of carbonyl (C=O) groups excluding carboxylic acids is 3. The third-order valence-electron chi connectivity index (χ3n) is 13.4. The molecular formula is C61H106O12. The van der Waals surface area contributed by atoms with Crippen LogP contribution in [0, 0.1) is 0 Å². The summed E-state index contributed by atoms with van der Waals surface area (Å²) in [6.07, 6.45) is 46.5. The molecule has 0 aliphatic carbocycles. The Hall–Kier alpha value is -3.32. The Kier molecular flexibility index (Phi) is 45.9. The molecule has 1 aliphatic rings. The molecule has 12 nitrogen and oxygen atoms in total. The van der Waals surface area contributed by atoms with Gasteiger partial charge in [-0.1, -0.05) is 211 Å². The van der Waals surface area contributed by atoms with Crippen LogP contribution < -0.4 is 0 Å². The molecule has 6 unspecified atom stereocenters. The number of hydrogen-bond donors (Lipinski definition) is 3. The Bertz CT molecular complexity index is 1460. The first-order chi connectivity index (χ1) is 35.6. The summed E-state index contributed by atoms with van der Waals surface area (Å²) in [5.41, 5.74) is 0. The summed E-state index contributed by atoms with van der Waals surface area (Å²) in [5.74, 6) is -3.13.